The maximum absolute atomic E-state index is 12.7. The third-order valence-electron chi connectivity index (χ3n) is 10.5. The van der Waals surface area contributed by atoms with Crippen LogP contribution in [0.5, 0.6) is 0 Å². The third kappa shape index (κ3) is 38.8. The molecule has 8 nitrogen and oxygen atoms in total. The van der Waals surface area contributed by atoms with Crippen LogP contribution < -0.4 is 5.11 Å². The third-order valence-corrected chi connectivity index (χ3v) is 10.5. The van der Waals surface area contributed by atoms with Crippen molar-refractivity contribution in [2.45, 2.75) is 212 Å². The molecule has 58 heavy (non-hydrogen) atoms. The largest absolute Gasteiger partial charge is 0.544 e. The number of likely N-dealkylation sites (N-methyl/N-ethyl adjacent to an activating group) is 1. The molecule has 0 N–H and O–H groups in total. The number of hydrogen-bond acceptors (Lipinski definition) is 7. The lowest BCUT2D eigenvalue weighted by Gasteiger charge is -2.34. The number of aliphatic carboxylic acids is 1. The highest BCUT2D eigenvalue weighted by atomic mass is 16.6. The van der Waals surface area contributed by atoms with Gasteiger partial charge in [0.15, 0.2) is 6.10 Å². The number of rotatable bonds is 42. The lowest BCUT2D eigenvalue weighted by Crippen LogP contribution is -2.55. The summed E-state index contributed by atoms with van der Waals surface area (Å²) in [5, 5.41) is 11.6. The maximum atomic E-state index is 12.7. The number of carbonyl (C=O) groups excluding carboxylic acids is 3. The summed E-state index contributed by atoms with van der Waals surface area (Å²) >= 11 is 0. The van der Waals surface area contributed by atoms with Gasteiger partial charge in [-0.25, -0.2) is 0 Å². The van der Waals surface area contributed by atoms with Gasteiger partial charge in [0.1, 0.15) is 12.6 Å². The second kappa shape index (κ2) is 41.0. The van der Waals surface area contributed by atoms with Crippen molar-refractivity contribution in [2.75, 3.05) is 41.0 Å². The minimum absolute atomic E-state index is 0.0348. The van der Waals surface area contributed by atoms with Crippen LogP contribution in [0, 0.1) is 0 Å². The van der Waals surface area contributed by atoms with Crippen LogP contribution >= 0.6 is 0 Å². The quantitative estimate of drug-likeness (QED) is 0.0199. The Morgan fingerprint density at radius 3 is 1.47 bits per heavy atom. The van der Waals surface area contributed by atoms with E-state index in [1.54, 1.807) is 21.1 Å². The number of hydrogen-bond donors (Lipinski definition) is 0. The average Bonchev–Trinajstić information content (AvgIpc) is 3.18. The number of nitrogens with zero attached hydrogens (tertiary/aromatic N) is 1. The van der Waals surface area contributed by atoms with Crippen LogP contribution in [0.15, 0.2) is 48.6 Å². The highest BCUT2D eigenvalue weighted by Crippen LogP contribution is 2.14. The van der Waals surface area contributed by atoms with Crippen molar-refractivity contribution in [2.24, 2.45) is 0 Å². The van der Waals surface area contributed by atoms with Gasteiger partial charge < -0.3 is 28.6 Å². The normalized spacial score (nSPS) is 13.3. The number of allylic oxidation sites excluding steroid dienone is 8. The molecule has 0 spiro atoms. The Hall–Kier alpha value is -2.71. The molecule has 2 unspecified atom stereocenters. The van der Waals surface area contributed by atoms with Crippen LogP contribution in [0.4, 0.5) is 0 Å². The summed E-state index contributed by atoms with van der Waals surface area (Å²) < 4.78 is 17.2. The first-order valence-corrected chi connectivity index (χ1v) is 23.7. The smallest absolute Gasteiger partial charge is 0.306 e. The lowest BCUT2D eigenvalue weighted by atomic mass is 10.1. The van der Waals surface area contributed by atoms with E-state index in [0.29, 0.717) is 12.8 Å². The van der Waals surface area contributed by atoms with Crippen LogP contribution in [0.2, 0.25) is 0 Å². The first-order valence-electron chi connectivity index (χ1n) is 23.7. The average molecular weight is 816 g/mol. The molecule has 0 saturated carbocycles. The summed E-state index contributed by atoms with van der Waals surface area (Å²) in [7, 11) is 5.40. The number of carboxylic acids is 1. The van der Waals surface area contributed by atoms with Crippen LogP contribution in [-0.2, 0) is 28.6 Å². The van der Waals surface area contributed by atoms with Gasteiger partial charge in [0.2, 0.25) is 0 Å². The van der Waals surface area contributed by atoms with Crippen LogP contribution in [0.25, 0.3) is 0 Å². The summed E-state index contributed by atoms with van der Waals surface area (Å²) in [6.45, 7) is 4.52. The zero-order valence-corrected chi connectivity index (χ0v) is 38.2. The van der Waals surface area contributed by atoms with E-state index in [0.717, 1.165) is 51.4 Å². The van der Waals surface area contributed by atoms with Gasteiger partial charge in [0.05, 0.1) is 40.3 Å². The van der Waals surface area contributed by atoms with Crippen molar-refractivity contribution >= 4 is 17.9 Å². The van der Waals surface area contributed by atoms with E-state index in [4.69, 9.17) is 14.2 Å². The summed E-state index contributed by atoms with van der Waals surface area (Å²) in [6.07, 6.45) is 48.5. The number of ether oxygens (including phenoxy) is 3. The molecule has 0 saturated heterocycles. The molecule has 0 aromatic rings. The van der Waals surface area contributed by atoms with Crippen molar-refractivity contribution in [3.8, 4) is 0 Å². The predicted octanol–water partition coefficient (Wildman–Crippen LogP) is 11.9. The highest BCUT2D eigenvalue weighted by molar-refractivity contribution is 5.70. The minimum atomic E-state index is -1.13. The number of unbranched alkanes of at least 4 members (excludes halogenated alkanes) is 22. The van der Waals surface area contributed by atoms with Crippen molar-refractivity contribution in [1.82, 2.24) is 0 Å². The molecule has 0 aromatic carbocycles. The minimum Gasteiger partial charge on any atom is -0.544 e. The molecule has 0 bridgehead atoms. The van der Waals surface area contributed by atoms with Gasteiger partial charge in [-0.05, 0) is 57.8 Å². The molecule has 0 heterocycles. The molecule has 2 atom stereocenters. The highest BCUT2D eigenvalue weighted by Gasteiger charge is 2.25. The molecular formula is C50H89NO7. The molecule has 0 aliphatic carbocycles. The van der Waals surface area contributed by atoms with Crippen LogP contribution in [-0.4, -0.2) is 75.5 Å². The van der Waals surface area contributed by atoms with Crippen molar-refractivity contribution < 1.29 is 38.2 Å². The number of carbonyl (C=O) groups is 3. The van der Waals surface area contributed by atoms with Gasteiger partial charge in [0.25, 0.3) is 0 Å². The molecular weight excluding hydrogens is 727 g/mol. The van der Waals surface area contributed by atoms with E-state index in [-0.39, 0.29) is 42.7 Å². The second-order valence-electron chi connectivity index (χ2n) is 17.0. The molecule has 0 aromatic heterocycles. The molecule has 0 fully saturated rings. The Kier molecular flexibility index (Phi) is 39.1. The van der Waals surface area contributed by atoms with E-state index >= 15 is 0 Å². The molecule has 0 aliphatic rings. The Bertz CT molecular complexity index is 1090. The SMILES string of the molecule is CC/C=C/C=C/C=C/CCCCCCCCCC(=O)OCC(COCCC(C(=O)[O-])[N+](C)(C)C)OC(=O)CCCCCCCCC/C=C/CCCCCCCCCC. The zero-order chi connectivity index (χ0) is 42.8. The summed E-state index contributed by atoms with van der Waals surface area (Å²) in [6, 6.07) is -0.729. The van der Waals surface area contributed by atoms with Crippen molar-refractivity contribution in [3.63, 3.8) is 0 Å². The van der Waals surface area contributed by atoms with Gasteiger partial charge in [0, 0.05) is 19.3 Å². The standard InChI is InChI=1S/C50H89NO7/c1-6-8-10-12-14-16-18-20-22-23-24-25-27-29-31-33-35-37-39-41-49(53)58-46(44-56-43-42-47(50(54)55)51(3,4)5)45-57-48(52)40-38-36-34-32-30-28-26-21-19-17-15-13-11-9-7-2/h9,11,13,15,17,19,23-24,46-47H,6-8,10,12,14,16,18,20-22,25-45H2,1-5H3/b11-9+,15-13+,19-17+,24-23+. The van der Waals surface area contributed by atoms with E-state index in [1.807, 2.05) is 0 Å². The molecule has 336 valence electrons. The number of esters is 2. The van der Waals surface area contributed by atoms with Gasteiger partial charge in [-0.15, -0.1) is 0 Å². The second-order valence-corrected chi connectivity index (χ2v) is 17.0. The monoisotopic (exact) mass is 816 g/mol. The fourth-order valence-electron chi connectivity index (χ4n) is 6.83. The van der Waals surface area contributed by atoms with Crippen molar-refractivity contribution in [3.05, 3.63) is 48.6 Å². The molecule has 0 rings (SSSR count). The van der Waals surface area contributed by atoms with E-state index in [1.165, 1.54) is 116 Å². The number of carboxylic acid groups (broad SMARTS) is 1. The van der Waals surface area contributed by atoms with E-state index < -0.39 is 18.1 Å². The van der Waals surface area contributed by atoms with Gasteiger partial charge in [-0.2, -0.15) is 0 Å². The number of quaternary nitrogens is 1. The Balaban J connectivity index is 4.31. The Labute approximate surface area is 356 Å². The zero-order valence-electron chi connectivity index (χ0n) is 38.2. The molecule has 0 aliphatic heterocycles. The molecule has 0 amide bonds. The topological polar surface area (TPSA) is 102 Å². The summed E-state index contributed by atoms with van der Waals surface area (Å²) in [4.78, 5) is 36.9. The van der Waals surface area contributed by atoms with Gasteiger partial charge in [-0.3, -0.25) is 9.59 Å². The fraction of sp³-hybridized carbons (Fsp3) is 0.780. The molecule has 0 radical (unpaired) electrons. The van der Waals surface area contributed by atoms with Crippen molar-refractivity contribution in [1.29, 1.82) is 0 Å². The first-order chi connectivity index (χ1) is 28.1. The Morgan fingerprint density at radius 1 is 0.534 bits per heavy atom. The fourth-order valence-corrected chi connectivity index (χ4v) is 6.83. The van der Waals surface area contributed by atoms with E-state index in [2.05, 4.69) is 62.5 Å². The van der Waals surface area contributed by atoms with Crippen LogP contribution in [0.1, 0.15) is 200 Å². The first kappa shape index (κ1) is 55.3. The maximum Gasteiger partial charge on any atom is 0.306 e. The van der Waals surface area contributed by atoms with Crippen LogP contribution in [0.3, 0.4) is 0 Å². The molecule has 8 heteroatoms. The predicted molar refractivity (Wildman–Crippen MR) is 240 cm³/mol. The van der Waals surface area contributed by atoms with Gasteiger partial charge in [-0.1, -0.05) is 172 Å². The summed E-state index contributed by atoms with van der Waals surface area (Å²) in [5.74, 6) is -1.75. The Morgan fingerprint density at radius 2 is 0.983 bits per heavy atom. The van der Waals surface area contributed by atoms with E-state index in [9.17, 15) is 19.5 Å². The van der Waals surface area contributed by atoms with Gasteiger partial charge >= 0.3 is 11.9 Å². The lowest BCUT2D eigenvalue weighted by molar-refractivity contribution is -0.889. The summed E-state index contributed by atoms with van der Waals surface area (Å²) in [5.41, 5.74) is 0.